The van der Waals surface area contributed by atoms with E-state index in [4.69, 9.17) is 18.7 Å². The van der Waals surface area contributed by atoms with Gasteiger partial charge in [0.1, 0.15) is 13.6 Å². The highest BCUT2D eigenvalue weighted by molar-refractivity contribution is 6.34. The molecule has 0 fully saturated rings. The molecule has 1 rings (SSSR count). The number of carbonyl (C=O) groups is 1. The van der Waals surface area contributed by atoms with Gasteiger partial charge in [-0.05, 0) is 12.1 Å². The van der Waals surface area contributed by atoms with E-state index in [1.54, 1.807) is 0 Å². The maximum atomic E-state index is 10.5. The second-order valence-electron chi connectivity index (χ2n) is 2.14. The summed E-state index contributed by atoms with van der Waals surface area (Å²) < 4.78 is 0. The standard InChI is InChI=1S/C7H6BNO2/c8-5-3-4(7(9)11)1-2-6(5)10/h1-3,10H,(H2,9,11). The van der Waals surface area contributed by atoms with Gasteiger partial charge in [0.25, 0.3) is 0 Å². The molecule has 0 bridgehead atoms. The first-order valence-corrected chi connectivity index (χ1v) is 2.99. The molecule has 4 heteroatoms. The van der Waals surface area contributed by atoms with Crippen molar-refractivity contribution in [3.8, 4) is 5.75 Å². The third-order valence-corrected chi connectivity index (χ3v) is 1.31. The highest BCUT2D eigenvalue weighted by Crippen LogP contribution is 2.04. The van der Waals surface area contributed by atoms with Gasteiger partial charge in [-0.2, -0.15) is 0 Å². The van der Waals surface area contributed by atoms with Crippen LogP contribution in [0.5, 0.6) is 5.75 Å². The number of nitrogens with two attached hydrogens (primary N) is 1. The fourth-order valence-electron chi connectivity index (χ4n) is 0.708. The van der Waals surface area contributed by atoms with E-state index in [-0.39, 0.29) is 11.2 Å². The summed E-state index contributed by atoms with van der Waals surface area (Å²) in [6, 6.07) is 4.07. The van der Waals surface area contributed by atoms with E-state index in [0.29, 0.717) is 5.56 Å². The summed E-state index contributed by atoms with van der Waals surface area (Å²) in [5.41, 5.74) is 5.40. The Morgan fingerprint density at radius 2 is 2.18 bits per heavy atom. The van der Waals surface area contributed by atoms with Gasteiger partial charge < -0.3 is 10.8 Å². The largest absolute Gasteiger partial charge is 0.509 e. The molecule has 0 atom stereocenters. The molecule has 0 spiro atoms. The molecule has 0 heterocycles. The predicted octanol–water partition coefficient (Wildman–Crippen LogP) is -0.715. The van der Waals surface area contributed by atoms with E-state index >= 15 is 0 Å². The summed E-state index contributed by atoms with van der Waals surface area (Å²) >= 11 is 0. The molecule has 0 unspecified atom stereocenters. The Balaban J connectivity index is 3.15. The normalized spacial score (nSPS) is 9.45. The van der Waals surface area contributed by atoms with Crippen LogP contribution in [0.3, 0.4) is 0 Å². The quantitative estimate of drug-likeness (QED) is 0.515. The lowest BCUT2D eigenvalue weighted by molar-refractivity contribution is 0.100. The van der Waals surface area contributed by atoms with Crippen LogP contribution in [0.25, 0.3) is 0 Å². The van der Waals surface area contributed by atoms with Crippen molar-refractivity contribution in [2.45, 2.75) is 0 Å². The zero-order valence-electron chi connectivity index (χ0n) is 5.74. The number of phenolic OH excluding ortho intramolecular Hbond substituents is 1. The van der Waals surface area contributed by atoms with Crippen LogP contribution in [0.1, 0.15) is 10.4 Å². The third-order valence-electron chi connectivity index (χ3n) is 1.31. The lowest BCUT2D eigenvalue weighted by Crippen LogP contribution is -2.14. The summed E-state index contributed by atoms with van der Waals surface area (Å²) in [5.74, 6) is -0.605. The van der Waals surface area contributed by atoms with Crippen LogP contribution in [0.2, 0.25) is 0 Å². The Morgan fingerprint density at radius 3 is 2.64 bits per heavy atom. The van der Waals surface area contributed by atoms with Gasteiger partial charge in [-0.15, -0.1) is 0 Å². The Labute approximate surface area is 65.2 Å². The zero-order valence-corrected chi connectivity index (χ0v) is 5.74. The molecule has 3 N–H and O–H groups in total. The topological polar surface area (TPSA) is 63.3 Å². The molecule has 1 aromatic rings. The van der Waals surface area contributed by atoms with E-state index in [9.17, 15) is 4.79 Å². The van der Waals surface area contributed by atoms with Gasteiger partial charge in [0.05, 0.1) is 0 Å². The van der Waals surface area contributed by atoms with Crippen LogP contribution in [-0.2, 0) is 0 Å². The molecule has 54 valence electrons. The van der Waals surface area contributed by atoms with Crippen LogP contribution in [-0.4, -0.2) is 18.9 Å². The van der Waals surface area contributed by atoms with Crippen molar-refractivity contribution in [3.63, 3.8) is 0 Å². The first-order valence-electron chi connectivity index (χ1n) is 2.99. The van der Waals surface area contributed by atoms with E-state index in [1.165, 1.54) is 18.2 Å². The fraction of sp³-hybridized carbons (Fsp3) is 0. The smallest absolute Gasteiger partial charge is 0.248 e. The molecule has 3 nitrogen and oxygen atoms in total. The SMILES string of the molecule is [B]c1cc(C(N)=O)ccc1O. The number of carbonyl (C=O) groups excluding carboxylic acids is 1. The number of primary amides is 1. The molecular formula is C7H6BNO2. The Morgan fingerprint density at radius 1 is 1.55 bits per heavy atom. The number of rotatable bonds is 1. The number of hydrogen-bond donors (Lipinski definition) is 2. The predicted molar refractivity (Wildman–Crippen MR) is 42.0 cm³/mol. The van der Waals surface area contributed by atoms with Crippen molar-refractivity contribution in [1.29, 1.82) is 0 Å². The molecule has 1 amide bonds. The van der Waals surface area contributed by atoms with Crippen molar-refractivity contribution in [3.05, 3.63) is 23.8 Å². The lowest BCUT2D eigenvalue weighted by Gasteiger charge is -1.99. The molecule has 0 saturated heterocycles. The van der Waals surface area contributed by atoms with Gasteiger partial charge >= 0.3 is 0 Å². The van der Waals surface area contributed by atoms with Crippen molar-refractivity contribution >= 4 is 19.2 Å². The van der Waals surface area contributed by atoms with Crippen molar-refractivity contribution in [1.82, 2.24) is 0 Å². The first kappa shape index (κ1) is 7.66. The van der Waals surface area contributed by atoms with Crippen LogP contribution in [0.15, 0.2) is 18.2 Å². The molecule has 0 saturated carbocycles. The summed E-state index contributed by atoms with van der Waals surface area (Å²) in [6.45, 7) is 0. The van der Waals surface area contributed by atoms with Crippen LogP contribution in [0, 0.1) is 0 Å². The minimum Gasteiger partial charge on any atom is -0.509 e. The minimum absolute atomic E-state index is 0.0463. The van der Waals surface area contributed by atoms with Gasteiger partial charge in [0.2, 0.25) is 5.91 Å². The fourth-order valence-corrected chi connectivity index (χ4v) is 0.708. The second-order valence-corrected chi connectivity index (χ2v) is 2.14. The van der Waals surface area contributed by atoms with Crippen molar-refractivity contribution in [2.75, 3.05) is 0 Å². The average molecular weight is 147 g/mol. The molecule has 0 aromatic heterocycles. The maximum Gasteiger partial charge on any atom is 0.248 e. The third kappa shape index (κ3) is 1.52. The summed E-state index contributed by atoms with van der Waals surface area (Å²) in [6.07, 6.45) is 0. The molecule has 2 radical (unpaired) electrons. The van der Waals surface area contributed by atoms with Gasteiger partial charge in [0.15, 0.2) is 0 Å². The van der Waals surface area contributed by atoms with Gasteiger partial charge in [-0.25, -0.2) is 0 Å². The van der Waals surface area contributed by atoms with E-state index in [2.05, 4.69) is 0 Å². The van der Waals surface area contributed by atoms with Crippen LogP contribution in [0.4, 0.5) is 0 Å². The Hall–Kier alpha value is -1.45. The van der Waals surface area contributed by atoms with Crippen molar-refractivity contribution < 1.29 is 9.90 Å². The molecule has 0 aliphatic rings. The highest BCUT2D eigenvalue weighted by atomic mass is 16.3. The number of benzene rings is 1. The number of aromatic hydroxyl groups is 1. The Bertz CT molecular complexity index is 298. The Kier molecular flexibility index (Phi) is 1.85. The first-order chi connectivity index (χ1) is 5.11. The lowest BCUT2D eigenvalue weighted by atomic mass is 9.93. The van der Waals surface area contributed by atoms with Crippen molar-refractivity contribution in [2.24, 2.45) is 5.73 Å². The maximum absolute atomic E-state index is 10.5. The zero-order chi connectivity index (χ0) is 8.43. The summed E-state index contributed by atoms with van der Waals surface area (Å²) in [7, 11) is 5.30. The average Bonchev–Trinajstić information content (AvgIpc) is 1.94. The monoisotopic (exact) mass is 147 g/mol. The van der Waals surface area contributed by atoms with E-state index in [1.807, 2.05) is 0 Å². The van der Waals surface area contributed by atoms with Gasteiger partial charge in [0, 0.05) is 5.56 Å². The highest BCUT2D eigenvalue weighted by Gasteiger charge is 2.01. The molecule has 11 heavy (non-hydrogen) atoms. The number of hydrogen-bond acceptors (Lipinski definition) is 2. The molecule has 0 aliphatic carbocycles. The van der Waals surface area contributed by atoms with Gasteiger partial charge in [-0.1, -0.05) is 11.5 Å². The second kappa shape index (κ2) is 2.66. The minimum atomic E-state index is -0.559. The van der Waals surface area contributed by atoms with E-state index < -0.39 is 5.91 Å². The molecular weight excluding hydrogens is 141 g/mol. The van der Waals surface area contributed by atoms with Crippen LogP contribution >= 0.6 is 0 Å². The van der Waals surface area contributed by atoms with E-state index in [0.717, 1.165) is 0 Å². The number of amides is 1. The van der Waals surface area contributed by atoms with Crippen LogP contribution < -0.4 is 11.2 Å². The summed E-state index contributed by atoms with van der Waals surface area (Å²) in [4.78, 5) is 10.5. The number of phenols is 1. The van der Waals surface area contributed by atoms with Gasteiger partial charge in [-0.3, -0.25) is 4.79 Å². The molecule has 1 aromatic carbocycles. The molecule has 0 aliphatic heterocycles. The summed E-state index contributed by atoms with van der Waals surface area (Å²) in [5, 5.41) is 8.95.